The smallest absolute Gasteiger partial charge is 0.264 e. The first-order valence-electron chi connectivity index (χ1n) is 3.70. The van der Waals surface area contributed by atoms with E-state index in [2.05, 4.69) is 4.18 Å². The highest BCUT2D eigenvalue weighted by atomic mass is 32.2. The van der Waals surface area contributed by atoms with Gasteiger partial charge in [0.15, 0.2) is 11.6 Å². The molecule has 0 aromatic carbocycles. The van der Waals surface area contributed by atoms with E-state index in [-0.39, 0.29) is 4.73 Å². The van der Waals surface area contributed by atoms with Gasteiger partial charge in [-0.3, -0.25) is 4.18 Å². The van der Waals surface area contributed by atoms with Gasteiger partial charge in [-0.25, -0.2) is 0 Å². The van der Waals surface area contributed by atoms with Crippen LogP contribution in [0.3, 0.4) is 0 Å². The fraction of sp³-hybridized carbons (Fsp3) is 0.286. The van der Waals surface area contributed by atoms with E-state index in [1.165, 1.54) is 0 Å². The molecule has 0 amide bonds. The second-order valence-electron chi connectivity index (χ2n) is 2.76. The lowest BCUT2D eigenvalue weighted by Gasteiger charge is -2.04. The van der Waals surface area contributed by atoms with Crippen molar-refractivity contribution in [3.05, 3.63) is 34.8 Å². The van der Waals surface area contributed by atoms with Gasteiger partial charge in [0.25, 0.3) is 10.1 Å². The molecule has 1 aromatic rings. The van der Waals surface area contributed by atoms with Crippen molar-refractivity contribution in [3.8, 4) is 0 Å². The van der Waals surface area contributed by atoms with Crippen LogP contribution in [-0.2, 0) is 20.9 Å². The summed E-state index contributed by atoms with van der Waals surface area (Å²) >= 11 is 0. The largest absolute Gasteiger partial charge is 0.619 e. The van der Waals surface area contributed by atoms with Crippen LogP contribution in [0.25, 0.3) is 0 Å². The molecule has 1 rings (SSSR count). The summed E-state index contributed by atoms with van der Waals surface area (Å²) in [5.41, 5.74) is -0.604. The molecule has 1 heterocycles. The van der Waals surface area contributed by atoms with E-state index in [1.807, 2.05) is 0 Å². The molecule has 0 radical (unpaired) electrons. The van der Waals surface area contributed by atoms with Gasteiger partial charge in [-0.05, 0) is 0 Å². The summed E-state index contributed by atoms with van der Waals surface area (Å²) in [6.07, 6.45) is 1.70. The van der Waals surface area contributed by atoms with E-state index in [1.54, 1.807) is 0 Å². The van der Waals surface area contributed by atoms with Gasteiger partial charge in [0.1, 0.15) is 0 Å². The van der Waals surface area contributed by atoms with Gasteiger partial charge in [0.05, 0.1) is 18.4 Å². The van der Waals surface area contributed by atoms with Crippen molar-refractivity contribution < 1.29 is 26.1 Å². The van der Waals surface area contributed by atoms with Gasteiger partial charge in [-0.2, -0.15) is 21.9 Å². The Morgan fingerprint density at radius 2 is 1.87 bits per heavy atom. The predicted molar refractivity (Wildman–Crippen MR) is 45.0 cm³/mol. The molecule has 0 atom stereocenters. The third-order valence-corrected chi connectivity index (χ3v) is 2.02. The molecule has 0 spiro atoms. The van der Waals surface area contributed by atoms with Gasteiger partial charge in [-0.15, -0.1) is 0 Å². The standard InChI is InChI=1S/C7H7F2NO4S/c1-15(12,13)14-4-5-6(8)2-10(11)3-7(5)9/h2-3H,4H2,1H3. The highest BCUT2D eigenvalue weighted by Crippen LogP contribution is 2.11. The topological polar surface area (TPSA) is 70.3 Å². The van der Waals surface area contributed by atoms with E-state index in [0.717, 1.165) is 6.26 Å². The molecule has 0 unspecified atom stereocenters. The molecule has 0 fully saturated rings. The zero-order chi connectivity index (χ0) is 11.6. The monoisotopic (exact) mass is 239 g/mol. The molecular formula is C7H7F2NO4S. The average molecular weight is 239 g/mol. The molecular weight excluding hydrogens is 232 g/mol. The van der Waals surface area contributed by atoms with Gasteiger partial charge >= 0.3 is 0 Å². The first kappa shape index (κ1) is 11.8. The van der Waals surface area contributed by atoms with Crippen molar-refractivity contribution in [2.75, 3.05) is 6.26 Å². The second-order valence-corrected chi connectivity index (χ2v) is 4.40. The number of aromatic nitrogens is 1. The Balaban J connectivity index is 2.96. The van der Waals surface area contributed by atoms with Crippen LogP contribution >= 0.6 is 0 Å². The number of rotatable bonds is 3. The second kappa shape index (κ2) is 4.07. The molecule has 1 aromatic heterocycles. The zero-order valence-electron chi connectivity index (χ0n) is 7.61. The molecule has 0 aliphatic carbocycles. The Kier molecular flexibility index (Phi) is 3.20. The maximum absolute atomic E-state index is 13.0. The highest BCUT2D eigenvalue weighted by molar-refractivity contribution is 7.85. The van der Waals surface area contributed by atoms with E-state index < -0.39 is 33.9 Å². The van der Waals surface area contributed by atoms with Crippen LogP contribution in [0.5, 0.6) is 0 Å². The number of halogens is 2. The van der Waals surface area contributed by atoms with E-state index >= 15 is 0 Å². The third kappa shape index (κ3) is 3.40. The molecule has 15 heavy (non-hydrogen) atoms. The molecule has 0 saturated heterocycles. The Bertz CT molecular complexity index is 451. The van der Waals surface area contributed by atoms with E-state index in [0.29, 0.717) is 12.4 Å². The van der Waals surface area contributed by atoms with Crippen molar-refractivity contribution in [2.45, 2.75) is 6.61 Å². The van der Waals surface area contributed by atoms with Crippen LogP contribution in [0.4, 0.5) is 8.78 Å². The van der Waals surface area contributed by atoms with E-state index in [9.17, 15) is 22.4 Å². The lowest BCUT2D eigenvalue weighted by molar-refractivity contribution is -0.609. The van der Waals surface area contributed by atoms with Gasteiger partial charge in [0.2, 0.25) is 12.4 Å². The quantitative estimate of drug-likeness (QED) is 0.425. The summed E-state index contributed by atoms with van der Waals surface area (Å²) in [5, 5.41) is 10.5. The highest BCUT2D eigenvalue weighted by Gasteiger charge is 2.16. The van der Waals surface area contributed by atoms with E-state index in [4.69, 9.17) is 0 Å². The maximum atomic E-state index is 13.0. The van der Waals surface area contributed by atoms with Crippen LogP contribution in [0.15, 0.2) is 12.4 Å². The van der Waals surface area contributed by atoms with Crippen molar-refractivity contribution in [2.24, 2.45) is 0 Å². The Morgan fingerprint density at radius 1 is 1.40 bits per heavy atom. The lowest BCUT2D eigenvalue weighted by atomic mass is 10.2. The van der Waals surface area contributed by atoms with Crippen LogP contribution in [0.1, 0.15) is 5.56 Å². The van der Waals surface area contributed by atoms with Crippen molar-refractivity contribution in [1.82, 2.24) is 0 Å². The average Bonchev–Trinajstić information content (AvgIpc) is 1.99. The number of pyridine rings is 1. The molecule has 84 valence electrons. The van der Waals surface area contributed by atoms with Gasteiger partial charge in [0, 0.05) is 0 Å². The van der Waals surface area contributed by atoms with Crippen LogP contribution in [0.2, 0.25) is 0 Å². The summed E-state index contributed by atoms with van der Waals surface area (Å²) in [5.74, 6) is -2.32. The molecule has 0 N–H and O–H groups in total. The van der Waals surface area contributed by atoms with Gasteiger partial charge < -0.3 is 5.21 Å². The fourth-order valence-corrected chi connectivity index (χ4v) is 1.17. The Morgan fingerprint density at radius 3 is 2.27 bits per heavy atom. The number of nitrogens with zero attached hydrogens (tertiary/aromatic N) is 1. The minimum Gasteiger partial charge on any atom is -0.619 e. The molecule has 5 nitrogen and oxygen atoms in total. The summed E-state index contributed by atoms with van der Waals surface area (Å²) in [6, 6.07) is 0. The van der Waals surface area contributed by atoms with Crippen molar-refractivity contribution >= 4 is 10.1 Å². The SMILES string of the molecule is CS(=O)(=O)OCc1c(F)c[n+]([O-])cc1F. The molecule has 0 aliphatic heterocycles. The Labute approximate surface area is 84.6 Å². The minimum atomic E-state index is -3.78. The summed E-state index contributed by atoms with van der Waals surface area (Å²) in [4.78, 5) is 0. The van der Waals surface area contributed by atoms with Crippen molar-refractivity contribution in [3.63, 3.8) is 0 Å². The maximum Gasteiger partial charge on any atom is 0.264 e. The number of hydrogen-bond donors (Lipinski definition) is 0. The minimum absolute atomic E-state index is 0.0609. The molecule has 0 bridgehead atoms. The third-order valence-electron chi connectivity index (χ3n) is 1.48. The van der Waals surface area contributed by atoms with Gasteiger partial charge in [-0.1, -0.05) is 0 Å². The first-order chi connectivity index (χ1) is 6.79. The molecule has 0 aliphatic rings. The lowest BCUT2D eigenvalue weighted by Crippen LogP contribution is -2.27. The zero-order valence-corrected chi connectivity index (χ0v) is 8.42. The van der Waals surface area contributed by atoms with Crippen LogP contribution in [0, 0.1) is 16.8 Å². The summed E-state index contributed by atoms with van der Waals surface area (Å²) in [6.45, 7) is -0.780. The predicted octanol–water partition coefficient (Wildman–Crippen LogP) is 0.0744. The summed E-state index contributed by atoms with van der Waals surface area (Å²) in [7, 11) is -3.78. The molecule has 0 saturated carbocycles. The van der Waals surface area contributed by atoms with Crippen molar-refractivity contribution in [1.29, 1.82) is 0 Å². The first-order valence-corrected chi connectivity index (χ1v) is 5.52. The molecule has 8 heteroatoms. The Hall–Kier alpha value is -1.28. The van der Waals surface area contributed by atoms with Crippen LogP contribution < -0.4 is 4.73 Å². The normalized spacial score (nSPS) is 11.7. The summed E-state index contributed by atoms with van der Waals surface area (Å²) < 4.78 is 51.2. The fourth-order valence-electron chi connectivity index (χ4n) is 0.834. The van der Waals surface area contributed by atoms with Crippen LogP contribution in [-0.4, -0.2) is 14.7 Å². The number of hydrogen-bond acceptors (Lipinski definition) is 4.